The molecule has 5 nitrogen and oxygen atoms in total. The zero-order valence-corrected chi connectivity index (χ0v) is 17.6. The summed E-state index contributed by atoms with van der Waals surface area (Å²) in [6.07, 6.45) is 2.54. The van der Waals surface area contributed by atoms with Crippen LogP contribution in [0.5, 0.6) is 5.75 Å². The fourth-order valence-corrected chi connectivity index (χ4v) is 4.07. The molecule has 2 aromatic rings. The summed E-state index contributed by atoms with van der Waals surface area (Å²) in [6.45, 7) is 1.48. The fraction of sp³-hybridized carbons (Fsp3) is 0.333. The largest absolute Gasteiger partial charge is 0.495 e. The Balaban J connectivity index is 1.55. The number of anilines is 2. The standard InChI is InChI=1S/C21H25N3O2S2/c1-26-19-11-10-16(15-18(19)24-13-6-5-9-20(24)25)23-21(27)22-12-14-28-17-7-3-2-4-8-17/h2-4,7-8,10-11,15H,5-6,9,12-14H2,1H3,(H2,22,23,27). The first-order valence-electron chi connectivity index (χ1n) is 9.38. The number of carbonyl (C=O) groups is 1. The van der Waals surface area contributed by atoms with Crippen LogP contribution < -0.4 is 20.3 Å². The molecule has 1 saturated heterocycles. The molecule has 1 amide bonds. The number of nitrogens with one attached hydrogen (secondary N) is 2. The van der Waals surface area contributed by atoms with Crippen molar-refractivity contribution in [2.45, 2.75) is 24.2 Å². The van der Waals surface area contributed by atoms with E-state index in [0.29, 0.717) is 17.3 Å². The predicted molar refractivity (Wildman–Crippen MR) is 121 cm³/mol. The summed E-state index contributed by atoms with van der Waals surface area (Å²) in [4.78, 5) is 15.3. The molecule has 1 aliphatic rings. The van der Waals surface area contributed by atoms with Crippen LogP contribution in [0.3, 0.4) is 0 Å². The van der Waals surface area contributed by atoms with Crippen molar-refractivity contribution < 1.29 is 9.53 Å². The lowest BCUT2D eigenvalue weighted by molar-refractivity contribution is -0.119. The molecule has 0 aromatic heterocycles. The Kier molecular flexibility index (Phi) is 7.56. The number of thiocarbonyl (C=S) groups is 1. The maximum absolute atomic E-state index is 12.3. The first kappa shape index (κ1) is 20.5. The number of benzene rings is 2. The fourth-order valence-electron chi connectivity index (χ4n) is 3.06. The third-order valence-corrected chi connectivity index (χ3v) is 5.71. The quantitative estimate of drug-likeness (QED) is 0.400. The summed E-state index contributed by atoms with van der Waals surface area (Å²) in [6, 6.07) is 16.0. The van der Waals surface area contributed by atoms with Crippen LogP contribution in [0, 0.1) is 0 Å². The van der Waals surface area contributed by atoms with Crippen LogP contribution in [-0.4, -0.2) is 37.0 Å². The van der Waals surface area contributed by atoms with E-state index in [1.807, 2.05) is 36.4 Å². The number of piperidine rings is 1. The Bertz CT molecular complexity index is 815. The maximum Gasteiger partial charge on any atom is 0.227 e. The molecule has 148 valence electrons. The molecular formula is C21H25N3O2S2. The van der Waals surface area contributed by atoms with Gasteiger partial charge in [-0.25, -0.2) is 0 Å². The molecule has 0 bridgehead atoms. The first-order valence-corrected chi connectivity index (χ1v) is 10.8. The van der Waals surface area contributed by atoms with Gasteiger partial charge in [0, 0.05) is 35.8 Å². The zero-order chi connectivity index (χ0) is 19.8. The molecule has 0 atom stereocenters. The van der Waals surface area contributed by atoms with Gasteiger partial charge in [-0.05, 0) is 55.4 Å². The molecule has 7 heteroatoms. The molecule has 2 aromatic carbocycles. The molecule has 1 heterocycles. The molecule has 28 heavy (non-hydrogen) atoms. The average Bonchev–Trinajstić information content (AvgIpc) is 2.72. The number of hydrogen-bond donors (Lipinski definition) is 2. The smallest absolute Gasteiger partial charge is 0.227 e. The summed E-state index contributed by atoms with van der Waals surface area (Å²) in [7, 11) is 1.62. The van der Waals surface area contributed by atoms with Crippen LogP contribution >= 0.6 is 24.0 Å². The summed E-state index contributed by atoms with van der Waals surface area (Å²) in [5, 5.41) is 6.99. The molecule has 1 aliphatic heterocycles. The van der Waals surface area contributed by atoms with Crippen molar-refractivity contribution in [1.82, 2.24) is 5.32 Å². The van der Waals surface area contributed by atoms with E-state index in [1.165, 1.54) is 4.90 Å². The SMILES string of the molecule is COc1ccc(NC(=S)NCCSc2ccccc2)cc1N1CCCCC1=O. The second kappa shape index (κ2) is 10.3. The lowest BCUT2D eigenvalue weighted by Gasteiger charge is -2.28. The number of ether oxygens (including phenoxy) is 1. The number of carbonyl (C=O) groups excluding carboxylic acids is 1. The number of methoxy groups -OCH3 is 1. The molecule has 0 unspecified atom stereocenters. The van der Waals surface area contributed by atoms with Crippen molar-refractivity contribution in [3.63, 3.8) is 0 Å². The van der Waals surface area contributed by atoms with Gasteiger partial charge in [0.2, 0.25) is 5.91 Å². The molecular weight excluding hydrogens is 390 g/mol. The third-order valence-electron chi connectivity index (χ3n) is 4.45. The number of thioether (sulfide) groups is 1. The second-order valence-corrected chi connectivity index (χ2v) is 8.01. The van der Waals surface area contributed by atoms with E-state index >= 15 is 0 Å². The average molecular weight is 416 g/mol. The van der Waals surface area contributed by atoms with Crippen LogP contribution in [0.1, 0.15) is 19.3 Å². The van der Waals surface area contributed by atoms with E-state index in [4.69, 9.17) is 17.0 Å². The van der Waals surface area contributed by atoms with Crippen LogP contribution in [-0.2, 0) is 4.79 Å². The van der Waals surface area contributed by atoms with Gasteiger partial charge in [0.25, 0.3) is 0 Å². The van der Waals surface area contributed by atoms with Crippen LogP contribution in [0.15, 0.2) is 53.4 Å². The molecule has 0 aliphatic carbocycles. The minimum Gasteiger partial charge on any atom is -0.495 e. The number of rotatable bonds is 7. The van der Waals surface area contributed by atoms with Crippen LogP contribution in [0.2, 0.25) is 0 Å². The highest BCUT2D eigenvalue weighted by molar-refractivity contribution is 7.99. The van der Waals surface area contributed by atoms with Crippen molar-refractivity contribution in [2.75, 3.05) is 36.2 Å². The topological polar surface area (TPSA) is 53.6 Å². The van der Waals surface area contributed by atoms with Gasteiger partial charge in [-0.1, -0.05) is 18.2 Å². The third kappa shape index (κ3) is 5.62. The van der Waals surface area contributed by atoms with Crippen LogP contribution in [0.25, 0.3) is 0 Å². The highest BCUT2D eigenvalue weighted by Crippen LogP contribution is 2.33. The summed E-state index contributed by atoms with van der Waals surface area (Å²) < 4.78 is 5.46. The molecule has 1 fully saturated rings. The second-order valence-electron chi connectivity index (χ2n) is 6.43. The highest BCUT2D eigenvalue weighted by atomic mass is 32.2. The Morgan fingerprint density at radius 2 is 2.04 bits per heavy atom. The maximum atomic E-state index is 12.3. The van der Waals surface area contributed by atoms with E-state index in [0.717, 1.165) is 43.1 Å². The van der Waals surface area contributed by atoms with Gasteiger partial charge in [0.05, 0.1) is 12.8 Å². The van der Waals surface area contributed by atoms with Gasteiger partial charge < -0.3 is 20.3 Å². The van der Waals surface area contributed by atoms with Crippen molar-refractivity contribution in [3.05, 3.63) is 48.5 Å². The number of hydrogen-bond acceptors (Lipinski definition) is 4. The highest BCUT2D eigenvalue weighted by Gasteiger charge is 2.22. The summed E-state index contributed by atoms with van der Waals surface area (Å²) >= 11 is 7.19. The van der Waals surface area contributed by atoms with Crippen LogP contribution in [0.4, 0.5) is 11.4 Å². The van der Waals surface area contributed by atoms with Gasteiger partial charge in [0.15, 0.2) is 5.11 Å². The molecule has 0 radical (unpaired) electrons. The molecule has 3 rings (SSSR count). The Labute approximate surface area is 175 Å². The molecule has 0 spiro atoms. The summed E-state index contributed by atoms with van der Waals surface area (Å²) in [5.74, 6) is 1.75. The van der Waals surface area contributed by atoms with Gasteiger partial charge in [-0.3, -0.25) is 4.79 Å². The van der Waals surface area contributed by atoms with Gasteiger partial charge in [-0.2, -0.15) is 0 Å². The Morgan fingerprint density at radius 1 is 1.21 bits per heavy atom. The van der Waals surface area contributed by atoms with Gasteiger partial charge >= 0.3 is 0 Å². The van der Waals surface area contributed by atoms with E-state index < -0.39 is 0 Å². The lowest BCUT2D eigenvalue weighted by atomic mass is 10.1. The Morgan fingerprint density at radius 3 is 2.79 bits per heavy atom. The zero-order valence-electron chi connectivity index (χ0n) is 15.9. The first-order chi connectivity index (χ1) is 13.7. The van der Waals surface area contributed by atoms with Crippen molar-refractivity contribution in [3.8, 4) is 5.75 Å². The van der Waals surface area contributed by atoms with E-state index in [2.05, 4.69) is 22.8 Å². The van der Waals surface area contributed by atoms with Gasteiger partial charge in [0.1, 0.15) is 5.75 Å². The van der Waals surface area contributed by atoms with E-state index in [9.17, 15) is 4.79 Å². The lowest BCUT2D eigenvalue weighted by Crippen LogP contribution is -2.35. The monoisotopic (exact) mass is 415 g/mol. The van der Waals surface area contributed by atoms with Crippen molar-refractivity contribution in [1.29, 1.82) is 0 Å². The van der Waals surface area contributed by atoms with Crippen molar-refractivity contribution in [2.24, 2.45) is 0 Å². The minimum atomic E-state index is 0.139. The Hall–Kier alpha value is -2.25. The minimum absolute atomic E-state index is 0.139. The number of nitrogens with zero attached hydrogens (tertiary/aromatic N) is 1. The van der Waals surface area contributed by atoms with Crippen molar-refractivity contribution >= 4 is 46.4 Å². The van der Waals surface area contributed by atoms with Gasteiger partial charge in [-0.15, -0.1) is 11.8 Å². The molecule has 0 saturated carbocycles. The summed E-state index contributed by atoms with van der Waals surface area (Å²) in [5.41, 5.74) is 1.63. The van der Waals surface area contributed by atoms with E-state index in [-0.39, 0.29) is 5.91 Å². The normalized spacial score (nSPS) is 13.9. The predicted octanol–water partition coefficient (Wildman–Crippen LogP) is 4.29. The van der Waals surface area contributed by atoms with E-state index in [1.54, 1.807) is 23.8 Å². The molecule has 2 N–H and O–H groups in total. The number of amides is 1.